The Morgan fingerprint density at radius 1 is 1.22 bits per heavy atom. The van der Waals surface area contributed by atoms with Gasteiger partial charge in [-0.05, 0) is 25.6 Å². The molecule has 5 heteroatoms. The zero-order chi connectivity index (χ0) is 12.8. The van der Waals surface area contributed by atoms with Crippen molar-refractivity contribution in [3.05, 3.63) is 36.3 Å². The Hall–Kier alpha value is -1.62. The quantitative estimate of drug-likeness (QED) is 0.751. The van der Waals surface area contributed by atoms with Gasteiger partial charge in [-0.25, -0.2) is 0 Å². The largest absolute Gasteiger partial charge is 0.424 e. The Morgan fingerprint density at radius 3 is 2.61 bits per heavy atom. The molecule has 2 rings (SSSR count). The van der Waals surface area contributed by atoms with Crippen LogP contribution < -0.4 is 0 Å². The van der Waals surface area contributed by atoms with Gasteiger partial charge >= 0.3 is 0 Å². The molecule has 0 aliphatic carbocycles. The Bertz CT molecular complexity index is 449. The lowest BCUT2D eigenvalue weighted by molar-refractivity contribution is 0.276. The molecule has 0 saturated carbocycles. The second-order valence-electron chi connectivity index (χ2n) is 4.46. The highest BCUT2D eigenvalue weighted by Crippen LogP contribution is 2.04. The maximum Gasteiger partial charge on any atom is 0.230 e. The fourth-order valence-electron chi connectivity index (χ4n) is 1.85. The van der Waals surface area contributed by atoms with Gasteiger partial charge in [0.2, 0.25) is 11.8 Å². The minimum absolute atomic E-state index is 0.704. The molecule has 0 unspecified atom stereocenters. The third-order valence-electron chi connectivity index (χ3n) is 2.84. The molecule has 0 spiro atoms. The average molecular weight is 248 g/mol. The van der Waals surface area contributed by atoms with Crippen LogP contribution in [0.2, 0.25) is 0 Å². The first kappa shape index (κ1) is 12.8. The molecule has 0 radical (unpaired) electrons. The van der Waals surface area contributed by atoms with Gasteiger partial charge < -0.3 is 8.98 Å². The van der Waals surface area contributed by atoms with Gasteiger partial charge in [0.05, 0.1) is 6.54 Å². The van der Waals surface area contributed by atoms with Crippen LogP contribution in [-0.2, 0) is 19.5 Å². The van der Waals surface area contributed by atoms with E-state index in [4.69, 9.17) is 4.42 Å². The van der Waals surface area contributed by atoms with Crippen LogP contribution in [0.3, 0.4) is 0 Å². The first-order chi connectivity index (χ1) is 8.78. The summed E-state index contributed by atoms with van der Waals surface area (Å²) in [6.45, 7) is 4.79. The second-order valence-corrected chi connectivity index (χ2v) is 4.46. The van der Waals surface area contributed by atoms with Gasteiger partial charge in [-0.3, -0.25) is 4.90 Å². The van der Waals surface area contributed by atoms with E-state index in [0.717, 1.165) is 32.5 Å². The van der Waals surface area contributed by atoms with Crippen LogP contribution >= 0.6 is 0 Å². The lowest BCUT2D eigenvalue weighted by atomic mass is 10.4. The summed E-state index contributed by atoms with van der Waals surface area (Å²) in [6, 6.07) is 4.10. The molecule has 2 heterocycles. The predicted octanol–water partition coefficient (Wildman–Crippen LogP) is 1.96. The van der Waals surface area contributed by atoms with E-state index in [9.17, 15) is 0 Å². The summed E-state index contributed by atoms with van der Waals surface area (Å²) in [5.74, 6) is 1.42. The maximum atomic E-state index is 5.49. The molecule has 0 saturated heterocycles. The number of rotatable bonds is 7. The standard InChI is InChI=1S/C13H20N4O/c1-3-12-14-15-13(18-12)11-16(2)7-6-10-17-8-4-5-9-17/h4-5,8-9H,3,6-7,10-11H2,1-2H3. The molecular formula is C13H20N4O. The Balaban J connectivity index is 1.70. The van der Waals surface area contributed by atoms with Crippen molar-refractivity contribution < 1.29 is 4.42 Å². The second kappa shape index (κ2) is 6.35. The molecule has 2 aromatic heterocycles. The summed E-state index contributed by atoms with van der Waals surface area (Å²) < 4.78 is 7.68. The molecule has 0 aliphatic heterocycles. The zero-order valence-corrected chi connectivity index (χ0v) is 11.0. The van der Waals surface area contributed by atoms with E-state index in [0.29, 0.717) is 11.8 Å². The van der Waals surface area contributed by atoms with Gasteiger partial charge in [0, 0.05) is 31.9 Å². The number of hydrogen-bond acceptors (Lipinski definition) is 4. The van der Waals surface area contributed by atoms with Gasteiger partial charge in [-0.2, -0.15) is 0 Å². The van der Waals surface area contributed by atoms with Crippen LogP contribution in [0.25, 0.3) is 0 Å². The Morgan fingerprint density at radius 2 is 1.94 bits per heavy atom. The molecule has 0 N–H and O–H groups in total. The third kappa shape index (κ3) is 3.70. The first-order valence-electron chi connectivity index (χ1n) is 6.38. The van der Waals surface area contributed by atoms with Crippen molar-refractivity contribution in [3.8, 4) is 0 Å². The number of nitrogens with zero attached hydrogens (tertiary/aromatic N) is 4. The third-order valence-corrected chi connectivity index (χ3v) is 2.84. The van der Waals surface area contributed by atoms with Gasteiger partial charge in [0.15, 0.2) is 0 Å². The highest BCUT2D eigenvalue weighted by atomic mass is 16.4. The molecule has 2 aromatic rings. The Labute approximate surface area is 107 Å². The number of aromatic nitrogens is 3. The molecule has 98 valence electrons. The molecule has 0 aliphatic rings. The summed E-state index contributed by atoms with van der Waals surface area (Å²) in [4.78, 5) is 2.20. The summed E-state index contributed by atoms with van der Waals surface area (Å²) in [6.07, 6.45) is 6.08. The normalized spacial score (nSPS) is 11.3. The maximum absolute atomic E-state index is 5.49. The summed E-state index contributed by atoms with van der Waals surface area (Å²) in [7, 11) is 2.07. The molecule has 0 bridgehead atoms. The highest BCUT2D eigenvalue weighted by molar-refractivity contribution is 4.90. The van der Waals surface area contributed by atoms with Gasteiger partial charge in [0.25, 0.3) is 0 Å². The van der Waals surface area contributed by atoms with Crippen LogP contribution in [0, 0.1) is 0 Å². The van der Waals surface area contributed by atoms with Crippen LogP contribution in [-0.4, -0.2) is 33.3 Å². The van der Waals surface area contributed by atoms with Crippen molar-refractivity contribution in [2.24, 2.45) is 0 Å². The van der Waals surface area contributed by atoms with Crippen LogP contribution in [0.5, 0.6) is 0 Å². The summed E-state index contributed by atoms with van der Waals surface area (Å²) in [5, 5.41) is 7.98. The number of aryl methyl sites for hydroxylation is 2. The fraction of sp³-hybridized carbons (Fsp3) is 0.538. The first-order valence-corrected chi connectivity index (χ1v) is 6.38. The smallest absolute Gasteiger partial charge is 0.230 e. The van der Waals surface area contributed by atoms with E-state index < -0.39 is 0 Å². The molecule has 5 nitrogen and oxygen atoms in total. The van der Waals surface area contributed by atoms with E-state index in [1.165, 1.54) is 0 Å². The molecule has 0 atom stereocenters. The van der Waals surface area contributed by atoms with E-state index in [2.05, 4.69) is 51.2 Å². The highest BCUT2D eigenvalue weighted by Gasteiger charge is 2.07. The zero-order valence-electron chi connectivity index (χ0n) is 11.0. The van der Waals surface area contributed by atoms with E-state index in [-0.39, 0.29) is 0 Å². The van der Waals surface area contributed by atoms with Crippen molar-refractivity contribution in [2.75, 3.05) is 13.6 Å². The van der Waals surface area contributed by atoms with Crippen molar-refractivity contribution in [2.45, 2.75) is 32.9 Å². The van der Waals surface area contributed by atoms with Crippen molar-refractivity contribution >= 4 is 0 Å². The Kier molecular flexibility index (Phi) is 4.52. The summed E-state index contributed by atoms with van der Waals surface area (Å²) >= 11 is 0. The lowest BCUT2D eigenvalue weighted by Gasteiger charge is -2.14. The van der Waals surface area contributed by atoms with Gasteiger partial charge in [0.1, 0.15) is 0 Å². The van der Waals surface area contributed by atoms with Crippen LogP contribution in [0.1, 0.15) is 25.1 Å². The molecular weight excluding hydrogens is 228 g/mol. The SMILES string of the molecule is CCc1nnc(CN(C)CCCn2cccc2)o1. The molecule has 0 aromatic carbocycles. The van der Waals surface area contributed by atoms with E-state index in [1.807, 2.05) is 6.92 Å². The topological polar surface area (TPSA) is 47.1 Å². The molecule has 0 fully saturated rings. The summed E-state index contributed by atoms with van der Waals surface area (Å²) in [5.41, 5.74) is 0. The van der Waals surface area contributed by atoms with Gasteiger partial charge in [-0.1, -0.05) is 6.92 Å². The van der Waals surface area contributed by atoms with E-state index in [1.54, 1.807) is 0 Å². The van der Waals surface area contributed by atoms with Crippen LogP contribution in [0.15, 0.2) is 28.9 Å². The molecule has 0 amide bonds. The van der Waals surface area contributed by atoms with Crippen molar-refractivity contribution in [1.29, 1.82) is 0 Å². The minimum Gasteiger partial charge on any atom is -0.424 e. The fourth-order valence-corrected chi connectivity index (χ4v) is 1.85. The average Bonchev–Trinajstić information content (AvgIpc) is 3.00. The van der Waals surface area contributed by atoms with Crippen molar-refractivity contribution in [3.63, 3.8) is 0 Å². The monoisotopic (exact) mass is 248 g/mol. The minimum atomic E-state index is 0.704. The van der Waals surface area contributed by atoms with Gasteiger partial charge in [-0.15, -0.1) is 10.2 Å². The van der Waals surface area contributed by atoms with E-state index >= 15 is 0 Å². The van der Waals surface area contributed by atoms with Crippen LogP contribution in [0.4, 0.5) is 0 Å². The lowest BCUT2D eigenvalue weighted by Crippen LogP contribution is -2.20. The predicted molar refractivity (Wildman–Crippen MR) is 69.1 cm³/mol. The number of hydrogen-bond donors (Lipinski definition) is 0. The van der Waals surface area contributed by atoms with Crippen molar-refractivity contribution in [1.82, 2.24) is 19.7 Å². The molecule has 18 heavy (non-hydrogen) atoms.